The van der Waals surface area contributed by atoms with E-state index in [-0.39, 0.29) is 23.2 Å². The molecule has 4 N–H and O–H groups in total. The van der Waals surface area contributed by atoms with Crippen LogP contribution in [0.1, 0.15) is 20.8 Å². The van der Waals surface area contributed by atoms with Crippen LogP contribution in [0.5, 0.6) is 0 Å². The fourth-order valence-corrected chi connectivity index (χ4v) is 0. The van der Waals surface area contributed by atoms with Gasteiger partial charge in [0, 0.05) is 17.9 Å². The van der Waals surface area contributed by atoms with Gasteiger partial charge in [-0.1, -0.05) is 0 Å². The fourth-order valence-electron chi connectivity index (χ4n) is 0. The molecule has 0 unspecified atom stereocenters. The van der Waals surface area contributed by atoms with Crippen molar-refractivity contribution in [3.05, 3.63) is 0 Å². The van der Waals surface area contributed by atoms with Crippen LogP contribution in [-0.4, -0.2) is 17.9 Å². The first-order valence-electron chi connectivity index (χ1n) is 2.72. The maximum absolute atomic E-state index is 8.89. The molecular weight excluding hydrogens is 246 g/mol. The van der Waals surface area contributed by atoms with Gasteiger partial charge in [-0.05, 0) is 20.8 Å². The molecular formula is C6H13CuNO6. The molecule has 0 spiro atoms. The van der Waals surface area contributed by atoms with Crippen molar-refractivity contribution in [3.63, 3.8) is 0 Å². The number of quaternary nitrogens is 1. The molecule has 0 aromatic carbocycles. The molecule has 0 amide bonds. The summed E-state index contributed by atoms with van der Waals surface area (Å²) in [6.07, 6.45) is 0. The fraction of sp³-hybridized carbons (Fsp3) is 0.500. The molecule has 8 heteroatoms. The minimum absolute atomic E-state index is 0. The smallest absolute Gasteiger partial charge is 0.550 e. The predicted molar refractivity (Wildman–Crippen MR) is 38.0 cm³/mol. The maximum Gasteiger partial charge on any atom is 2.00 e. The summed E-state index contributed by atoms with van der Waals surface area (Å²) in [7, 11) is 0. The van der Waals surface area contributed by atoms with Crippen LogP contribution in [-0.2, 0) is 31.5 Å². The molecule has 7 nitrogen and oxygen atoms in total. The summed E-state index contributed by atoms with van der Waals surface area (Å²) in [6.45, 7) is 2.92. The molecule has 0 aliphatic heterocycles. The Morgan fingerprint density at radius 2 is 0.714 bits per heavy atom. The van der Waals surface area contributed by atoms with Crippen LogP contribution in [0, 0.1) is 0 Å². The van der Waals surface area contributed by atoms with Gasteiger partial charge >= 0.3 is 17.1 Å². The maximum atomic E-state index is 8.89. The van der Waals surface area contributed by atoms with Gasteiger partial charge in [-0.2, -0.15) is 0 Å². The topological polar surface area (TPSA) is 157 Å². The summed E-state index contributed by atoms with van der Waals surface area (Å²) >= 11 is 0. The van der Waals surface area contributed by atoms with Gasteiger partial charge in [0.1, 0.15) is 0 Å². The van der Waals surface area contributed by atoms with Gasteiger partial charge in [0.05, 0.1) is 0 Å². The first-order valence-corrected chi connectivity index (χ1v) is 2.72. The Morgan fingerprint density at radius 3 is 0.714 bits per heavy atom. The molecule has 0 atom stereocenters. The Hall–Kier alpha value is -1.11. The number of carboxylic acid groups (broad SMARTS) is 3. The second kappa shape index (κ2) is 22.7. The molecule has 0 fully saturated rings. The van der Waals surface area contributed by atoms with Crippen molar-refractivity contribution in [2.24, 2.45) is 0 Å². The van der Waals surface area contributed by atoms with E-state index in [0.29, 0.717) is 0 Å². The summed E-state index contributed by atoms with van der Waals surface area (Å²) < 4.78 is 0. The van der Waals surface area contributed by atoms with Crippen molar-refractivity contribution in [3.8, 4) is 0 Å². The van der Waals surface area contributed by atoms with Gasteiger partial charge in [-0.25, -0.2) is 0 Å². The van der Waals surface area contributed by atoms with Gasteiger partial charge in [-0.3, -0.25) is 0 Å². The zero-order valence-electron chi connectivity index (χ0n) is 8.25. The zero-order chi connectivity index (χ0) is 10.7. The number of hydrogen-bond acceptors (Lipinski definition) is 6. The van der Waals surface area contributed by atoms with Gasteiger partial charge in [0.15, 0.2) is 0 Å². The number of carbonyl (C=O) groups excluding carboxylic acids is 3. The standard InChI is InChI=1S/3C2H4O2.Cu.H3N/c3*1-2(3)4;;/h3*1H3,(H,3,4);;1H3/q;;;+2;/p-2. The van der Waals surface area contributed by atoms with E-state index in [2.05, 4.69) is 0 Å². The van der Waals surface area contributed by atoms with Crippen molar-refractivity contribution < 1.29 is 46.8 Å². The summed E-state index contributed by atoms with van der Waals surface area (Å²) in [5.41, 5.74) is 0. The van der Waals surface area contributed by atoms with E-state index in [0.717, 1.165) is 20.8 Å². The van der Waals surface area contributed by atoms with Crippen LogP contribution in [0.25, 0.3) is 0 Å². The molecule has 0 bridgehead atoms. The zero-order valence-corrected chi connectivity index (χ0v) is 9.19. The molecule has 0 rings (SSSR count). The molecule has 0 aliphatic rings. The molecule has 89 valence electrons. The Kier molecular flexibility index (Phi) is 47.4. The minimum Gasteiger partial charge on any atom is -0.550 e. The normalized spacial score (nSPS) is 5.36. The molecule has 0 saturated carbocycles. The van der Waals surface area contributed by atoms with Crippen molar-refractivity contribution in [1.29, 1.82) is 0 Å². The van der Waals surface area contributed by atoms with Gasteiger partial charge in [0.25, 0.3) is 0 Å². The minimum atomic E-state index is -1.08. The molecule has 0 saturated heterocycles. The van der Waals surface area contributed by atoms with Crippen LogP contribution in [0.3, 0.4) is 0 Å². The van der Waals surface area contributed by atoms with Gasteiger partial charge < -0.3 is 35.9 Å². The van der Waals surface area contributed by atoms with Gasteiger partial charge in [-0.15, -0.1) is 0 Å². The Balaban J connectivity index is -0.0000000270. The summed E-state index contributed by atoms with van der Waals surface area (Å²) in [4.78, 5) is 26.7. The number of carbonyl (C=O) groups is 3. The van der Waals surface area contributed by atoms with Crippen LogP contribution < -0.4 is 21.5 Å². The van der Waals surface area contributed by atoms with E-state index in [4.69, 9.17) is 29.7 Å². The summed E-state index contributed by atoms with van der Waals surface area (Å²) in [6, 6.07) is 0. The van der Waals surface area contributed by atoms with Gasteiger partial charge in [0.2, 0.25) is 0 Å². The second-order valence-corrected chi connectivity index (χ2v) is 1.47. The van der Waals surface area contributed by atoms with E-state index in [1.165, 1.54) is 0 Å². The molecule has 0 aliphatic carbocycles. The monoisotopic (exact) mass is 258 g/mol. The second-order valence-electron chi connectivity index (χ2n) is 1.47. The Labute approximate surface area is 92.2 Å². The molecule has 14 heavy (non-hydrogen) atoms. The van der Waals surface area contributed by atoms with E-state index >= 15 is 0 Å². The van der Waals surface area contributed by atoms with Crippen molar-refractivity contribution >= 4 is 17.9 Å². The predicted octanol–water partition coefficient (Wildman–Crippen LogP) is -3.36. The van der Waals surface area contributed by atoms with Crippen LogP contribution in [0.15, 0.2) is 0 Å². The quantitative estimate of drug-likeness (QED) is 0.447. The SMILES string of the molecule is CC(=O)[O-].CC(=O)[O-].CC(=O)[O-].[Cu+2].[NH4+]. The van der Waals surface area contributed by atoms with Crippen molar-refractivity contribution in [1.82, 2.24) is 6.15 Å². The first-order chi connectivity index (χ1) is 5.20. The van der Waals surface area contributed by atoms with E-state index in [1.54, 1.807) is 0 Å². The van der Waals surface area contributed by atoms with E-state index in [1.807, 2.05) is 0 Å². The number of aliphatic carboxylic acids is 3. The molecule has 0 heterocycles. The number of rotatable bonds is 0. The third kappa shape index (κ3) is 864. The van der Waals surface area contributed by atoms with Crippen molar-refractivity contribution in [2.75, 3.05) is 0 Å². The van der Waals surface area contributed by atoms with E-state index < -0.39 is 17.9 Å². The average Bonchev–Trinajstić information content (AvgIpc) is 1.54. The Morgan fingerprint density at radius 1 is 0.714 bits per heavy atom. The number of hydrogen-bond donors (Lipinski definition) is 1. The third-order valence-corrected chi connectivity index (χ3v) is 0. The molecule has 0 aromatic heterocycles. The largest absolute Gasteiger partial charge is 2.00 e. The van der Waals surface area contributed by atoms with E-state index in [9.17, 15) is 0 Å². The first kappa shape index (κ1) is 29.3. The summed E-state index contributed by atoms with van der Waals surface area (Å²) in [5, 5.41) is 26.7. The molecule has 0 aromatic rings. The van der Waals surface area contributed by atoms with Crippen molar-refractivity contribution in [2.45, 2.75) is 20.8 Å². The third-order valence-electron chi connectivity index (χ3n) is 0. The average molecular weight is 259 g/mol. The molecule has 1 radical (unpaired) electrons. The van der Waals surface area contributed by atoms with Crippen LogP contribution in [0.2, 0.25) is 0 Å². The van der Waals surface area contributed by atoms with Crippen LogP contribution >= 0.6 is 0 Å². The summed E-state index contributed by atoms with van der Waals surface area (Å²) in [5.74, 6) is -3.25. The number of carboxylic acids is 3. The van der Waals surface area contributed by atoms with Crippen LogP contribution in [0.4, 0.5) is 0 Å². The Bertz CT molecular complexity index is 120.